The summed E-state index contributed by atoms with van der Waals surface area (Å²) in [5, 5.41) is 7.31. The maximum absolute atomic E-state index is 12.2. The molecule has 0 rings (SSSR count). The first-order chi connectivity index (χ1) is 7.49. The Bertz CT molecular complexity index is 357. The van der Waals surface area contributed by atoms with Crippen molar-refractivity contribution in [3.8, 4) is 0 Å². The number of hydrogen-bond acceptors (Lipinski definition) is 3. The third-order valence-corrected chi connectivity index (χ3v) is 4.79. The molecule has 0 aliphatic heterocycles. The molecular formula is C11H25N3O2S. The van der Waals surface area contributed by atoms with E-state index in [1.165, 1.54) is 4.31 Å². The minimum atomic E-state index is -3.28. The normalized spacial score (nSPS) is 14.9. The first kappa shape index (κ1) is 16.4. The zero-order chi connectivity index (χ0) is 13.9. The maximum atomic E-state index is 12.2. The van der Waals surface area contributed by atoms with Crippen LogP contribution in [0.4, 0.5) is 0 Å². The molecule has 0 bridgehead atoms. The maximum Gasteiger partial charge on any atom is 0.214 e. The van der Waals surface area contributed by atoms with Crippen LogP contribution in [0.2, 0.25) is 0 Å². The van der Waals surface area contributed by atoms with E-state index in [0.29, 0.717) is 6.54 Å². The quantitative estimate of drug-likeness (QED) is 0.558. The fourth-order valence-corrected chi connectivity index (χ4v) is 3.60. The van der Waals surface area contributed by atoms with Crippen LogP contribution in [0.15, 0.2) is 0 Å². The number of nitrogens with two attached hydrogens (primary N) is 1. The molecule has 0 aromatic heterocycles. The Hall–Kier alpha value is -0.620. The van der Waals surface area contributed by atoms with Gasteiger partial charge in [0.05, 0.1) is 11.6 Å². The highest BCUT2D eigenvalue weighted by molar-refractivity contribution is 7.89. The van der Waals surface area contributed by atoms with E-state index in [-0.39, 0.29) is 29.5 Å². The highest BCUT2D eigenvalue weighted by Gasteiger charge is 2.28. The Morgan fingerprint density at radius 2 is 1.88 bits per heavy atom. The first-order valence-corrected chi connectivity index (χ1v) is 7.42. The number of nitrogens with one attached hydrogen (secondary N) is 1. The van der Waals surface area contributed by atoms with Crippen LogP contribution in [0.1, 0.15) is 34.6 Å². The standard InChI is InChI=1S/C11H25N3O2S/c1-6-14(7-9(2)10(12)13)17(15,16)8-11(3,4)5/h9H,6-8H2,1-5H3,(H3,12,13). The molecule has 1 unspecified atom stereocenters. The second-order valence-corrected chi connectivity index (χ2v) is 7.59. The van der Waals surface area contributed by atoms with Crippen LogP contribution in [0.3, 0.4) is 0 Å². The van der Waals surface area contributed by atoms with Gasteiger partial charge in [0.15, 0.2) is 0 Å². The van der Waals surface area contributed by atoms with Crippen LogP contribution in [0.25, 0.3) is 0 Å². The summed E-state index contributed by atoms with van der Waals surface area (Å²) in [5.41, 5.74) is 5.10. The second kappa shape index (κ2) is 5.82. The van der Waals surface area contributed by atoms with E-state index < -0.39 is 10.0 Å². The summed E-state index contributed by atoms with van der Waals surface area (Å²) in [6.07, 6.45) is 0. The number of sulfonamides is 1. The van der Waals surface area contributed by atoms with E-state index in [4.69, 9.17) is 11.1 Å². The zero-order valence-electron chi connectivity index (χ0n) is 11.4. The van der Waals surface area contributed by atoms with Gasteiger partial charge in [0.1, 0.15) is 0 Å². The lowest BCUT2D eigenvalue weighted by Gasteiger charge is -2.27. The van der Waals surface area contributed by atoms with Crippen LogP contribution in [0, 0.1) is 16.7 Å². The van der Waals surface area contributed by atoms with Crippen molar-refractivity contribution in [3.63, 3.8) is 0 Å². The molecule has 17 heavy (non-hydrogen) atoms. The summed E-state index contributed by atoms with van der Waals surface area (Å²) < 4.78 is 25.7. The van der Waals surface area contributed by atoms with Crippen molar-refractivity contribution in [2.75, 3.05) is 18.8 Å². The van der Waals surface area contributed by atoms with E-state index in [0.717, 1.165) is 0 Å². The van der Waals surface area contributed by atoms with Crippen LogP contribution >= 0.6 is 0 Å². The van der Waals surface area contributed by atoms with Gasteiger partial charge in [0, 0.05) is 19.0 Å². The Balaban J connectivity index is 4.82. The molecule has 1 atom stereocenters. The van der Waals surface area contributed by atoms with E-state index in [1.807, 2.05) is 20.8 Å². The second-order valence-electron chi connectivity index (χ2n) is 5.62. The molecule has 0 aromatic carbocycles. The fourth-order valence-electron chi connectivity index (χ4n) is 1.48. The molecule has 5 nitrogen and oxygen atoms in total. The van der Waals surface area contributed by atoms with Crippen molar-refractivity contribution < 1.29 is 8.42 Å². The molecule has 3 N–H and O–H groups in total. The SMILES string of the molecule is CCN(CC(C)C(=N)N)S(=O)(=O)CC(C)(C)C. The third-order valence-electron chi connectivity index (χ3n) is 2.37. The summed E-state index contributed by atoms with van der Waals surface area (Å²) in [4.78, 5) is 0. The molecule has 6 heteroatoms. The summed E-state index contributed by atoms with van der Waals surface area (Å²) in [7, 11) is -3.28. The molecule has 102 valence electrons. The monoisotopic (exact) mass is 263 g/mol. The predicted octanol–water partition coefficient (Wildman–Crippen LogP) is 1.26. The largest absolute Gasteiger partial charge is 0.387 e. The molecule has 0 amide bonds. The van der Waals surface area contributed by atoms with Crippen molar-refractivity contribution >= 4 is 15.9 Å². The topological polar surface area (TPSA) is 87.2 Å². The molecule has 0 fully saturated rings. The fraction of sp³-hybridized carbons (Fsp3) is 0.909. The van der Waals surface area contributed by atoms with Crippen molar-refractivity contribution in [1.82, 2.24) is 4.31 Å². The van der Waals surface area contributed by atoms with Gasteiger partial charge in [-0.15, -0.1) is 0 Å². The minimum absolute atomic E-state index is 0.0226. The van der Waals surface area contributed by atoms with Gasteiger partial charge in [0.25, 0.3) is 0 Å². The Kier molecular flexibility index (Phi) is 5.61. The lowest BCUT2D eigenvalue weighted by atomic mass is 10.0. The van der Waals surface area contributed by atoms with Gasteiger partial charge in [-0.25, -0.2) is 12.7 Å². The minimum Gasteiger partial charge on any atom is -0.387 e. The summed E-state index contributed by atoms with van der Waals surface area (Å²) in [6.45, 7) is 9.94. The van der Waals surface area contributed by atoms with E-state index in [1.54, 1.807) is 13.8 Å². The molecule has 0 radical (unpaired) electrons. The summed E-state index contributed by atoms with van der Waals surface area (Å²) in [5.74, 6) is -0.113. The van der Waals surface area contributed by atoms with Crippen LogP contribution < -0.4 is 5.73 Å². The van der Waals surface area contributed by atoms with Crippen LogP contribution in [0.5, 0.6) is 0 Å². The predicted molar refractivity (Wildman–Crippen MR) is 71.6 cm³/mol. The number of hydrogen-bond donors (Lipinski definition) is 2. The average Bonchev–Trinajstić information content (AvgIpc) is 2.08. The Morgan fingerprint density at radius 3 is 2.18 bits per heavy atom. The van der Waals surface area contributed by atoms with E-state index in [2.05, 4.69) is 0 Å². The highest BCUT2D eigenvalue weighted by atomic mass is 32.2. The van der Waals surface area contributed by atoms with Gasteiger partial charge in [-0.05, 0) is 5.41 Å². The lowest BCUT2D eigenvalue weighted by molar-refractivity contribution is 0.383. The molecular weight excluding hydrogens is 238 g/mol. The van der Waals surface area contributed by atoms with Crippen molar-refractivity contribution in [2.45, 2.75) is 34.6 Å². The van der Waals surface area contributed by atoms with Gasteiger partial charge in [-0.3, -0.25) is 5.41 Å². The van der Waals surface area contributed by atoms with Gasteiger partial charge >= 0.3 is 0 Å². The zero-order valence-corrected chi connectivity index (χ0v) is 12.3. The molecule has 0 heterocycles. The van der Waals surface area contributed by atoms with Gasteiger partial charge in [-0.1, -0.05) is 34.6 Å². The first-order valence-electron chi connectivity index (χ1n) is 5.81. The van der Waals surface area contributed by atoms with Crippen molar-refractivity contribution in [2.24, 2.45) is 17.1 Å². The smallest absolute Gasteiger partial charge is 0.214 e. The number of amidine groups is 1. The highest BCUT2D eigenvalue weighted by Crippen LogP contribution is 2.19. The van der Waals surface area contributed by atoms with Gasteiger partial charge in [0.2, 0.25) is 10.0 Å². The Labute approximate surface area is 105 Å². The molecule has 0 spiro atoms. The molecule has 0 aromatic rings. The molecule has 0 aliphatic rings. The average molecular weight is 263 g/mol. The lowest BCUT2D eigenvalue weighted by Crippen LogP contribution is -2.41. The molecule has 0 saturated carbocycles. The Morgan fingerprint density at radius 1 is 1.41 bits per heavy atom. The van der Waals surface area contributed by atoms with Crippen LogP contribution in [-0.2, 0) is 10.0 Å². The number of rotatable bonds is 6. The summed E-state index contributed by atoms with van der Waals surface area (Å²) >= 11 is 0. The third kappa shape index (κ3) is 6.02. The van der Waals surface area contributed by atoms with Crippen molar-refractivity contribution in [1.29, 1.82) is 5.41 Å². The number of nitrogens with zero attached hydrogens (tertiary/aromatic N) is 1. The van der Waals surface area contributed by atoms with Crippen molar-refractivity contribution in [3.05, 3.63) is 0 Å². The molecule has 0 saturated heterocycles. The van der Waals surface area contributed by atoms with E-state index in [9.17, 15) is 8.42 Å². The van der Waals surface area contributed by atoms with Crippen LogP contribution in [-0.4, -0.2) is 37.4 Å². The molecule has 0 aliphatic carbocycles. The summed E-state index contributed by atoms with van der Waals surface area (Å²) in [6, 6.07) is 0. The van der Waals surface area contributed by atoms with E-state index >= 15 is 0 Å². The van der Waals surface area contributed by atoms with Gasteiger partial charge < -0.3 is 5.73 Å². The van der Waals surface area contributed by atoms with Gasteiger partial charge in [-0.2, -0.15) is 0 Å².